The van der Waals surface area contributed by atoms with Crippen LogP contribution in [0.25, 0.3) is 10.9 Å². The van der Waals surface area contributed by atoms with Crippen LogP contribution in [0.5, 0.6) is 0 Å². The van der Waals surface area contributed by atoms with E-state index in [1.165, 1.54) is 24.3 Å². The largest absolute Gasteiger partial charge is 0.361 e. The van der Waals surface area contributed by atoms with E-state index in [-0.39, 0.29) is 23.1 Å². The molecular weight excluding hydrogens is 468 g/mol. The summed E-state index contributed by atoms with van der Waals surface area (Å²) in [5.74, 6) is -0.422. The highest BCUT2D eigenvalue weighted by Gasteiger charge is 2.29. The molecule has 1 saturated carbocycles. The van der Waals surface area contributed by atoms with Gasteiger partial charge in [-0.15, -0.1) is 0 Å². The fourth-order valence-corrected chi connectivity index (χ4v) is 3.70. The molecule has 0 aliphatic heterocycles. The summed E-state index contributed by atoms with van der Waals surface area (Å²) in [6, 6.07) is 12.4. The highest BCUT2D eigenvalue weighted by molar-refractivity contribution is 7.80. The summed E-state index contributed by atoms with van der Waals surface area (Å²) in [6.45, 7) is 0. The van der Waals surface area contributed by atoms with E-state index in [0.29, 0.717) is 11.6 Å². The summed E-state index contributed by atoms with van der Waals surface area (Å²) in [5, 5.41) is 17.4. The predicted molar refractivity (Wildman–Crippen MR) is 135 cm³/mol. The van der Waals surface area contributed by atoms with E-state index in [1.807, 2.05) is 30.5 Å². The Balaban J connectivity index is 1.40. The zero-order valence-corrected chi connectivity index (χ0v) is 19.1. The van der Waals surface area contributed by atoms with Crippen molar-refractivity contribution in [2.45, 2.75) is 12.5 Å². The lowest BCUT2D eigenvalue weighted by molar-refractivity contribution is -0.384. The van der Waals surface area contributed by atoms with Crippen LogP contribution in [-0.4, -0.2) is 32.9 Å². The molecule has 1 fully saturated rings. The third-order valence-electron chi connectivity index (χ3n) is 5.28. The number of anilines is 1. The van der Waals surface area contributed by atoms with Crippen LogP contribution in [0.3, 0.4) is 0 Å². The number of amides is 2. The van der Waals surface area contributed by atoms with Gasteiger partial charge in [-0.05, 0) is 61.7 Å². The maximum absolute atomic E-state index is 13.0. The first-order valence-corrected chi connectivity index (χ1v) is 11.0. The normalized spacial score (nSPS) is 14.3. The minimum absolute atomic E-state index is 0.0524. The van der Waals surface area contributed by atoms with Crippen LogP contribution in [-0.2, 0) is 16.0 Å². The zero-order chi connectivity index (χ0) is 24.8. The first-order chi connectivity index (χ1) is 16.9. The average Bonchev–Trinajstić information content (AvgIpc) is 3.53. The van der Waals surface area contributed by atoms with Crippen molar-refractivity contribution >= 4 is 51.4 Å². The molecule has 4 rings (SSSR count). The Hall–Kier alpha value is -3.99. The van der Waals surface area contributed by atoms with E-state index >= 15 is 0 Å². The summed E-state index contributed by atoms with van der Waals surface area (Å²) in [4.78, 5) is 39.1. The molecule has 1 aliphatic rings. The molecule has 1 heterocycles. The van der Waals surface area contributed by atoms with Gasteiger partial charge in [-0.25, -0.2) is 0 Å². The summed E-state index contributed by atoms with van der Waals surface area (Å²) >= 11 is 5.19. The first-order valence-electron chi connectivity index (χ1n) is 10.6. The molecule has 2 amide bonds. The lowest BCUT2D eigenvalue weighted by atomic mass is 10.0. The molecule has 0 saturated heterocycles. The van der Waals surface area contributed by atoms with Crippen molar-refractivity contribution in [3.63, 3.8) is 0 Å². The number of aromatic nitrogens is 1. The molecule has 177 valence electrons. The molecule has 2 aromatic carbocycles. The molecule has 3 aromatic rings. The lowest BCUT2D eigenvalue weighted by Gasteiger charge is -2.21. The van der Waals surface area contributed by atoms with Crippen LogP contribution in [0.15, 0.2) is 54.7 Å². The van der Waals surface area contributed by atoms with Gasteiger partial charge in [-0.1, -0.05) is 18.2 Å². The van der Waals surface area contributed by atoms with Gasteiger partial charge in [-0.3, -0.25) is 30.6 Å². The van der Waals surface area contributed by atoms with Gasteiger partial charge in [0.05, 0.1) is 10.8 Å². The Morgan fingerprint density at radius 2 is 1.74 bits per heavy atom. The Kier molecular flexibility index (Phi) is 7.56. The van der Waals surface area contributed by atoms with Crippen molar-refractivity contribution in [2.75, 3.05) is 5.32 Å². The second-order valence-electron chi connectivity index (χ2n) is 7.64. The monoisotopic (exact) mass is 489 g/mol. The van der Waals surface area contributed by atoms with E-state index in [9.17, 15) is 19.7 Å². The van der Waals surface area contributed by atoms with Crippen molar-refractivity contribution in [3.8, 4) is 0 Å². The number of H-pyrrole nitrogens is 1. The molecule has 5 radical (unpaired) electrons. The number of non-ortho nitro benzene ring substituents is 1. The molecule has 5 N–H and O–H groups in total. The van der Waals surface area contributed by atoms with Gasteiger partial charge >= 0.3 is 0 Å². The third-order valence-corrected chi connectivity index (χ3v) is 5.48. The Bertz CT molecular complexity index is 1240. The number of hydrazine groups is 1. The minimum Gasteiger partial charge on any atom is -0.361 e. The van der Waals surface area contributed by atoms with Crippen LogP contribution in [0, 0.1) is 41.7 Å². The highest BCUT2D eigenvalue weighted by atomic mass is 32.1. The second kappa shape index (κ2) is 11.0. The molecule has 1 aromatic heterocycles. The number of aromatic amines is 1. The first kappa shape index (κ1) is 24.1. The van der Waals surface area contributed by atoms with Crippen molar-refractivity contribution < 1.29 is 14.5 Å². The number of carbonyl (C=O) groups excluding carboxylic acids is 2. The maximum atomic E-state index is 13.0. The van der Waals surface area contributed by atoms with Crippen LogP contribution in [0.2, 0.25) is 0 Å². The molecule has 1 aliphatic carbocycles. The highest BCUT2D eigenvalue weighted by Crippen LogP contribution is 2.24. The maximum Gasteiger partial charge on any atom is 0.269 e. The Morgan fingerprint density at radius 3 is 2.46 bits per heavy atom. The number of nitro benzene ring substituents is 1. The number of para-hydroxylation sites is 1. The number of benzene rings is 2. The number of fused-ring (bicyclic) bond motifs is 1. The predicted octanol–water partition coefficient (Wildman–Crippen LogP) is 2.53. The molecule has 35 heavy (non-hydrogen) atoms. The molecule has 1 atom stereocenters. The number of hydrogen-bond acceptors (Lipinski definition) is 5. The summed E-state index contributed by atoms with van der Waals surface area (Å²) in [5.41, 5.74) is 7.37. The number of nitro groups is 1. The van der Waals surface area contributed by atoms with Crippen LogP contribution >= 0.6 is 12.2 Å². The van der Waals surface area contributed by atoms with Crippen LogP contribution in [0.1, 0.15) is 5.56 Å². The fraction of sp³-hybridized carbons (Fsp3) is 0.0833. The van der Waals surface area contributed by atoms with Gasteiger partial charge in [0.15, 0.2) is 5.11 Å². The fourth-order valence-electron chi connectivity index (χ4n) is 3.53. The molecule has 0 bridgehead atoms. The lowest BCUT2D eigenvalue weighted by Crippen LogP contribution is -2.54. The topological polar surface area (TPSA) is 141 Å². The minimum atomic E-state index is -0.897. The Morgan fingerprint density at radius 1 is 1.03 bits per heavy atom. The summed E-state index contributed by atoms with van der Waals surface area (Å²) < 4.78 is 0. The molecular formula is C24H21N6O4S. The van der Waals surface area contributed by atoms with Gasteiger partial charge in [0, 0.05) is 41.3 Å². The van der Waals surface area contributed by atoms with Gasteiger partial charge in [0.1, 0.15) is 6.04 Å². The van der Waals surface area contributed by atoms with E-state index in [4.69, 9.17) is 12.2 Å². The number of carbonyl (C=O) groups is 2. The van der Waals surface area contributed by atoms with E-state index < -0.39 is 16.9 Å². The van der Waals surface area contributed by atoms with Crippen molar-refractivity contribution in [1.29, 1.82) is 0 Å². The summed E-state index contributed by atoms with van der Waals surface area (Å²) in [6.07, 6.45) is 8.87. The average molecular weight is 490 g/mol. The Labute approximate surface area is 207 Å². The van der Waals surface area contributed by atoms with E-state index in [2.05, 4.69) is 26.5 Å². The van der Waals surface area contributed by atoms with Gasteiger partial charge in [0.2, 0.25) is 5.91 Å². The quantitative estimate of drug-likeness (QED) is 0.195. The molecule has 0 spiro atoms. The third kappa shape index (κ3) is 6.12. The standard InChI is InChI=1S/C24H21N6O4S/c31-22(15-5-1-2-6-15)27-21(13-16-14-25-20-8-4-3-7-19(16)20)23(32)28-29-24(35)26-17-9-11-18(12-10-17)30(33)34/h1-12,14,21,25H,13H2,(H,27,31)(H,28,32)(H2,26,29,35)/t21-/m0/s1. The smallest absolute Gasteiger partial charge is 0.269 e. The molecule has 10 nitrogen and oxygen atoms in total. The number of thiocarbonyl (C=S) groups is 1. The van der Waals surface area contributed by atoms with Crippen molar-refractivity contribution in [2.24, 2.45) is 0 Å². The number of nitrogens with zero attached hydrogens (tertiary/aromatic N) is 1. The van der Waals surface area contributed by atoms with Crippen LogP contribution in [0.4, 0.5) is 11.4 Å². The SMILES string of the molecule is O=C(N[C@@H](Cc1c[nH]c2ccccc12)C(=O)NNC(=S)Nc1ccc([N+](=O)[O-])cc1)[C]1[CH][CH][CH][CH]1. The number of hydrogen-bond donors (Lipinski definition) is 5. The van der Waals surface area contributed by atoms with Crippen molar-refractivity contribution in [3.05, 3.63) is 102 Å². The number of nitrogens with one attached hydrogen (secondary N) is 5. The zero-order valence-electron chi connectivity index (χ0n) is 18.3. The number of rotatable bonds is 7. The van der Waals surface area contributed by atoms with Gasteiger partial charge in [-0.2, -0.15) is 0 Å². The van der Waals surface area contributed by atoms with Gasteiger partial charge < -0.3 is 15.6 Å². The second-order valence-corrected chi connectivity index (χ2v) is 8.04. The van der Waals surface area contributed by atoms with Crippen molar-refractivity contribution in [1.82, 2.24) is 21.2 Å². The van der Waals surface area contributed by atoms with E-state index in [0.717, 1.165) is 16.5 Å². The molecule has 11 heteroatoms. The summed E-state index contributed by atoms with van der Waals surface area (Å²) in [7, 11) is 0. The van der Waals surface area contributed by atoms with Gasteiger partial charge in [0.25, 0.3) is 11.6 Å². The van der Waals surface area contributed by atoms with E-state index in [1.54, 1.807) is 25.7 Å². The van der Waals surface area contributed by atoms with Crippen LogP contribution < -0.4 is 21.5 Å². The molecule has 0 unspecified atom stereocenters.